The Bertz CT molecular complexity index is 416. The SMILES string of the molecule is CCCC(I)C(CC)C(F)(F)C(F)(F)C(F)(F)C(F)(F)C(F)(F)F. The van der Waals surface area contributed by atoms with E-state index in [-0.39, 0.29) is 12.8 Å². The number of halogens is 12. The maximum atomic E-state index is 13.9. The van der Waals surface area contributed by atoms with Crippen molar-refractivity contribution < 1.29 is 48.3 Å². The molecule has 0 aliphatic rings. The summed E-state index contributed by atoms with van der Waals surface area (Å²) in [5.74, 6) is -29.8. The average Bonchev–Trinajstić information content (AvgIpc) is 2.37. The van der Waals surface area contributed by atoms with Crippen LogP contribution >= 0.6 is 22.6 Å². The first-order chi connectivity index (χ1) is 10.4. The van der Waals surface area contributed by atoms with Gasteiger partial charge in [0.1, 0.15) is 0 Å². The first-order valence-electron chi connectivity index (χ1n) is 6.65. The van der Waals surface area contributed by atoms with Gasteiger partial charge in [-0.3, -0.25) is 0 Å². The van der Waals surface area contributed by atoms with Gasteiger partial charge in [0, 0.05) is 9.84 Å². The van der Waals surface area contributed by atoms with Crippen LogP contribution in [0.4, 0.5) is 48.3 Å². The minimum absolute atomic E-state index is 0.133. The van der Waals surface area contributed by atoms with Crippen molar-refractivity contribution >= 4 is 22.6 Å². The van der Waals surface area contributed by atoms with E-state index in [1.165, 1.54) is 29.5 Å². The predicted octanol–water partition coefficient (Wildman–Crippen LogP) is 6.72. The minimum atomic E-state index is -7.32. The molecular formula is C12H14F11I. The van der Waals surface area contributed by atoms with E-state index in [4.69, 9.17) is 0 Å². The predicted molar refractivity (Wildman–Crippen MR) is 72.3 cm³/mol. The minimum Gasteiger partial charge on any atom is -0.199 e. The van der Waals surface area contributed by atoms with Crippen molar-refractivity contribution in [2.75, 3.05) is 0 Å². The van der Waals surface area contributed by atoms with Crippen molar-refractivity contribution in [2.24, 2.45) is 5.92 Å². The first kappa shape index (κ1) is 24.0. The highest BCUT2D eigenvalue weighted by atomic mass is 127. The Hall–Kier alpha value is -0.0400. The largest absolute Gasteiger partial charge is 0.460 e. The molecule has 146 valence electrons. The molecule has 12 heteroatoms. The smallest absolute Gasteiger partial charge is 0.199 e. The Morgan fingerprint density at radius 2 is 1.12 bits per heavy atom. The number of hydrogen-bond donors (Lipinski definition) is 0. The molecule has 0 rings (SSSR count). The summed E-state index contributed by atoms with van der Waals surface area (Å²) in [5, 5.41) is 0. The zero-order chi connectivity index (χ0) is 19.8. The van der Waals surface area contributed by atoms with Crippen molar-refractivity contribution in [2.45, 2.75) is 66.9 Å². The summed E-state index contributed by atoms with van der Waals surface area (Å²) in [6.45, 7) is 2.40. The van der Waals surface area contributed by atoms with Crippen molar-refractivity contribution in [1.29, 1.82) is 0 Å². The number of hydrogen-bond acceptors (Lipinski definition) is 0. The highest BCUT2D eigenvalue weighted by Gasteiger charge is 2.87. The molecule has 0 nitrogen and oxygen atoms in total. The van der Waals surface area contributed by atoms with Crippen LogP contribution in [0, 0.1) is 5.92 Å². The van der Waals surface area contributed by atoms with Gasteiger partial charge in [-0.2, -0.15) is 48.3 Å². The molecule has 0 saturated carbocycles. The maximum Gasteiger partial charge on any atom is 0.460 e. The summed E-state index contributed by atoms with van der Waals surface area (Å²) in [4.78, 5) is 0. The van der Waals surface area contributed by atoms with E-state index in [9.17, 15) is 48.3 Å². The van der Waals surface area contributed by atoms with E-state index in [0.717, 1.165) is 6.92 Å². The lowest BCUT2D eigenvalue weighted by atomic mass is 9.84. The van der Waals surface area contributed by atoms with Crippen LogP contribution in [0.2, 0.25) is 0 Å². The molecule has 0 amide bonds. The molecule has 0 N–H and O–H groups in total. The fourth-order valence-corrected chi connectivity index (χ4v) is 3.62. The standard InChI is InChI=1S/C12H14F11I/c1-3-5-7(24)6(4-2)8(13,14)9(15,16)10(17,18)11(19,20)12(21,22)23/h6-7H,3-5H2,1-2H3. The topological polar surface area (TPSA) is 0 Å². The second kappa shape index (κ2) is 7.29. The van der Waals surface area contributed by atoms with Gasteiger partial charge in [-0.25, -0.2) is 0 Å². The van der Waals surface area contributed by atoms with E-state index in [0.29, 0.717) is 0 Å². The zero-order valence-electron chi connectivity index (χ0n) is 12.3. The highest BCUT2D eigenvalue weighted by molar-refractivity contribution is 14.1. The lowest BCUT2D eigenvalue weighted by molar-refractivity contribution is -0.426. The highest BCUT2D eigenvalue weighted by Crippen LogP contribution is 2.59. The third-order valence-corrected chi connectivity index (χ3v) is 4.96. The molecular weight excluding hydrogens is 480 g/mol. The van der Waals surface area contributed by atoms with Gasteiger partial charge in [-0.15, -0.1) is 0 Å². The van der Waals surface area contributed by atoms with Gasteiger partial charge < -0.3 is 0 Å². The van der Waals surface area contributed by atoms with Crippen LogP contribution in [-0.4, -0.2) is 33.8 Å². The molecule has 0 fully saturated rings. The van der Waals surface area contributed by atoms with Gasteiger partial charge in [0.15, 0.2) is 0 Å². The molecule has 0 saturated heterocycles. The molecule has 0 aromatic carbocycles. The Labute approximate surface area is 144 Å². The third-order valence-electron chi connectivity index (χ3n) is 3.47. The molecule has 24 heavy (non-hydrogen) atoms. The summed E-state index contributed by atoms with van der Waals surface area (Å²) >= 11 is 1.27. The summed E-state index contributed by atoms with van der Waals surface area (Å²) < 4.78 is 142. The van der Waals surface area contributed by atoms with Crippen molar-refractivity contribution in [3.05, 3.63) is 0 Å². The third kappa shape index (κ3) is 3.71. The fourth-order valence-electron chi connectivity index (χ4n) is 2.03. The molecule has 0 aliphatic carbocycles. The van der Waals surface area contributed by atoms with Gasteiger partial charge >= 0.3 is 29.9 Å². The van der Waals surface area contributed by atoms with Crippen molar-refractivity contribution in [3.63, 3.8) is 0 Å². The molecule has 0 radical (unpaired) electrons. The Morgan fingerprint density at radius 1 is 0.708 bits per heavy atom. The molecule has 0 aromatic rings. The van der Waals surface area contributed by atoms with Crippen LogP contribution in [0.25, 0.3) is 0 Å². The van der Waals surface area contributed by atoms with Crippen molar-refractivity contribution in [1.82, 2.24) is 0 Å². The second-order valence-corrected chi connectivity index (χ2v) is 6.76. The van der Waals surface area contributed by atoms with E-state index >= 15 is 0 Å². The van der Waals surface area contributed by atoms with E-state index < -0.39 is 46.1 Å². The summed E-state index contributed by atoms with van der Waals surface area (Å²) in [6.07, 6.45) is -7.87. The van der Waals surface area contributed by atoms with Gasteiger partial charge in [-0.1, -0.05) is 42.9 Å². The molecule has 0 aromatic heterocycles. The lowest BCUT2D eigenvalue weighted by Crippen LogP contribution is -2.68. The Morgan fingerprint density at radius 3 is 1.42 bits per heavy atom. The zero-order valence-corrected chi connectivity index (χ0v) is 14.5. The summed E-state index contributed by atoms with van der Waals surface area (Å²) in [5.41, 5.74) is 0. The average molecular weight is 494 g/mol. The molecule has 0 aliphatic heterocycles. The molecule has 0 bridgehead atoms. The van der Waals surface area contributed by atoms with E-state index in [1.54, 1.807) is 0 Å². The normalized spacial score (nSPS) is 17.8. The number of rotatable bonds is 8. The quantitative estimate of drug-likeness (QED) is 0.200. The first-order valence-corrected chi connectivity index (χ1v) is 7.90. The van der Waals surface area contributed by atoms with Crippen LogP contribution in [0.5, 0.6) is 0 Å². The summed E-state index contributed by atoms with van der Waals surface area (Å²) in [6, 6.07) is 0. The van der Waals surface area contributed by atoms with Crippen LogP contribution in [0.3, 0.4) is 0 Å². The fraction of sp³-hybridized carbons (Fsp3) is 1.00. The molecule has 0 heterocycles. The molecule has 2 atom stereocenters. The van der Waals surface area contributed by atoms with Crippen LogP contribution < -0.4 is 0 Å². The Kier molecular flexibility index (Phi) is 7.28. The maximum absolute atomic E-state index is 13.9. The second-order valence-electron chi connectivity index (χ2n) is 5.16. The number of alkyl halides is 12. The van der Waals surface area contributed by atoms with Gasteiger partial charge in [-0.05, 0) is 12.8 Å². The summed E-state index contributed by atoms with van der Waals surface area (Å²) in [7, 11) is 0. The van der Waals surface area contributed by atoms with Crippen LogP contribution in [0.15, 0.2) is 0 Å². The monoisotopic (exact) mass is 494 g/mol. The van der Waals surface area contributed by atoms with Crippen LogP contribution in [-0.2, 0) is 0 Å². The lowest BCUT2D eigenvalue weighted by Gasteiger charge is -2.41. The van der Waals surface area contributed by atoms with Gasteiger partial charge in [0.25, 0.3) is 0 Å². The van der Waals surface area contributed by atoms with E-state index in [1.807, 2.05) is 0 Å². The van der Waals surface area contributed by atoms with Crippen LogP contribution in [0.1, 0.15) is 33.1 Å². The molecule has 2 unspecified atom stereocenters. The van der Waals surface area contributed by atoms with E-state index in [2.05, 4.69) is 0 Å². The van der Waals surface area contributed by atoms with Gasteiger partial charge in [0.2, 0.25) is 0 Å². The van der Waals surface area contributed by atoms with Gasteiger partial charge in [0.05, 0.1) is 0 Å². The van der Waals surface area contributed by atoms with Crippen molar-refractivity contribution in [3.8, 4) is 0 Å². The Balaban J connectivity index is 6.08. The molecule has 0 spiro atoms.